The number of hydrogen-bond donors (Lipinski definition) is 3. The van der Waals surface area contributed by atoms with Gasteiger partial charge in [0.05, 0.1) is 13.2 Å². The molecule has 0 fully saturated rings. The van der Waals surface area contributed by atoms with Gasteiger partial charge in [-0.15, -0.1) is 0 Å². The topological polar surface area (TPSA) is 87.7 Å². The molecule has 0 bridgehead atoms. The van der Waals surface area contributed by atoms with Crippen LogP contribution in [0, 0.1) is 0 Å². The minimum absolute atomic E-state index is 0.175. The number of para-hydroxylation sites is 1. The van der Waals surface area contributed by atoms with Crippen LogP contribution >= 0.6 is 0 Å². The van der Waals surface area contributed by atoms with E-state index in [-0.39, 0.29) is 19.6 Å². The molecule has 0 saturated carbocycles. The Hall–Kier alpha value is -2.29. The fraction of sp³-hybridized carbons (Fsp3) is 0.429. The van der Waals surface area contributed by atoms with Gasteiger partial charge in [-0.05, 0) is 6.07 Å². The van der Waals surface area contributed by atoms with Gasteiger partial charge < -0.3 is 20.5 Å². The van der Waals surface area contributed by atoms with E-state index in [9.17, 15) is 27.9 Å². The van der Waals surface area contributed by atoms with E-state index in [4.69, 9.17) is 4.74 Å². The number of aliphatic hydroxyl groups is 1. The first-order valence-electron chi connectivity index (χ1n) is 6.79. The van der Waals surface area contributed by atoms with Crippen LogP contribution in [0.25, 0.3) is 0 Å². The molecular formula is C14H15F3N2O4. The zero-order valence-electron chi connectivity index (χ0n) is 11.9. The SMILES string of the molecule is O=C(NCC(F)(F)F)C(=O)NCC1(O)CCOc2ccccc21. The lowest BCUT2D eigenvalue weighted by Gasteiger charge is -2.34. The first-order valence-corrected chi connectivity index (χ1v) is 6.79. The summed E-state index contributed by atoms with van der Waals surface area (Å²) in [6.45, 7) is -1.70. The van der Waals surface area contributed by atoms with Gasteiger partial charge in [0.1, 0.15) is 17.9 Å². The van der Waals surface area contributed by atoms with Crippen molar-refractivity contribution in [2.24, 2.45) is 0 Å². The Morgan fingerprint density at radius 1 is 1.22 bits per heavy atom. The van der Waals surface area contributed by atoms with E-state index in [0.29, 0.717) is 11.3 Å². The van der Waals surface area contributed by atoms with Crippen molar-refractivity contribution < 1.29 is 32.6 Å². The van der Waals surface area contributed by atoms with Gasteiger partial charge in [0.2, 0.25) is 0 Å². The highest BCUT2D eigenvalue weighted by Gasteiger charge is 2.36. The van der Waals surface area contributed by atoms with E-state index in [1.54, 1.807) is 24.3 Å². The molecule has 1 aliphatic heterocycles. The van der Waals surface area contributed by atoms with Crippen molar-refractivity contribution in [3.63, 3.8) is 0 Å². The molecule has 0 saturated heterocycles. The van der Waals surface area contributed by atoms with Crippen molar-refractivity contribution in [2.75, 3.05) is 19.7 Å². The summed E-state index contributed by atoms with van der Waals surface area (Å²) in [7, 11) is 0. The first kappa shape index (κ1) is 17.1. The maximum absolute atomic E-state index is 12.0. The van der Waals surface area contributed by atoms with Gasteiger partial charge >= 0.3 is 18.0 Å². The number of alkyl halides is 3. The van der Waals surface area contributed by atoms with Crippen LogP contribution in [-0.2, 0) is 15.2 Å². The minimum atomic E-state index is -4.60. The molecule has 0 spiro atoms. The van der Waals surface area contributed by atoms with Crippen LogP contribution in [0.15, 0.2) is 24.3 Å². The number of nitrogens with one attached hydrogen (secondary N) is 2. The third-order valence-corrected chi connectivity index (χ3v) is 3.36. The summed E-state index contributed by atoms with van der Waals surface area (Å²) in [5.41, 5.74) is -1.00. The van der Waals surface area contributed by atoms with E-state index in [1.807, 2.05) is 0 Å². The maximum Gasteiger partial charge on any atom is 0.405 e. The highest BCUT2D eigenvalue weighted by Crippen LogP contribution is 2.36. The summed E-state index contributed by atoms with van der Waals surface area (Å²) >= 11 is 0. The van der Waals surface area contributed by atoms with Crippen LogP contribution in [0.2, 0.25) is 0 Å². The zero-order valence-corrected chi connectivity index (χ0v) is 11.9. The van der Waals surface area contributed by atoms with Crippen LogP contribution < -0.4 is 15.4 Å². The monoisotopic (exact) mass is 332 g/mol. The third-order valence-electron chi connectivity index (χ3n) is 3.36. The standard InChI is InChI=1S/C14H15F3N2O4/c15-14(16,17)8-19-12(21)11(20)18-7-13(22)5-6-23-10-4-2-1-3-9(10)13/h1-4,22H,5-8H2,(H,18,20)(H,19,21). The number of rotatable bonds is 3. The second-order valence-electron chi connectivity index (χ2n) is 5.11. The molecule has 9 heteroatoms. The molecule has 3 N–H and O–H groups in total. The highest BCUT2D eigenvalue weighted by molar-refractivity contribution is 6.35. The molecule has 1 aliphatic rings. The molecule has 23 heavy (non-hydrogen) atoms. The van der Waals surface area contributed by atoms with E-state index in [0.717, 1.165) is 0 Å². The van der Waals surface area contributed by atoms with Crippen LogP contribution in [-0.4, -0.2) is 42.8 Å². The molecule has 0 radical (unpaired) electrons. The van der Waals surface area contributed by atoms with Crippen LogP contribution in [0.1, 0.15) is 12.0 Å². The lowest BCUT2D eigenvalue weighted by Crippen LogP contribution is -2.49. The summed E-state index contributed by atoms with van der Waals surface area (Å²) in [4.78, 5) is 22.8. The Kier molecular flexibility index (Phi) is 4.79. The molecule has 126 valence electrons. The summed E-state index contributed by atoms with van der Waals surface area (Å²) in [5, 5.41) is 14.2. The van der Waals surface area contributed by atoms with Crippen molar-refractivity contribution in [1.29, 1.82) is 0 Å². The van der Waals surface area contributed by atoms with E-state index in [2.05, 4.69) is 5.32 Å². The number of benzene rings is 1. The molecular weight excluding hydrogens is 317 g/mol. The van der Waals surface area contributed by atoms with E-state index in [1.165, 1.54) is 5.32 Å². The lowest BCUT2D eigenvalue weighted by atomic mass is 9.88. The predicted molar refractivity (Wildman–Crippen MR) is 72.5 cm³/mol. The maximum atomic E-state index is 12.0. The fourth-order valence-corrected chi connectivity index (χ4v) is 2.19. The van der Waals surface area contributed by atoms with Crippen molar-refractivity contribution in [3.05, 3.63) is 29.8 Å². The third kappa shape index (κ3) is 4.35. The van der Waals surface area contributed by atoms with Gasteiger partial charge in [-0.1, -0.05) is 18.2 Å². The Morgan fingerprint density at radius 2 is 1.87 bits per heavy atom. The molecule has 1 aromatic carbocycles. The normalized spacial score (nSPS) is 20.2. The minimum Gasteiger partial charge on any atom is -0.493 e. The Bertz CT molecular complexity index is 606. The molecule has 1 aromatic rings. The van der Waals surface area contributed by atoms with Gasteiger partial charge in [0.25, 0.3) is 0 Å². The Balaban J connectivity index is 1.95. The largest absolute Gasteiger partial charge is 0.493 e. The van der Waals surface area contributed by atoms with Crippen LogP contribution in [0.4, 0.5) is 13.2 Å². The molecule has 0 aromatic heterocycles. The summed E-state index contributed by atoms with van der Waals surface area (Å²) < 4.78 is 41.3. The second-order valence-corrected chi connectivity index (χ2v) is 5.11. The quantitative estimate of drug-likeness (QED) is 0.702. The summed E-state index contributed by atoms with van der Waals surface area (Å²) in [5.74, 6) is -2.20. The van der Waals surface area contributed by atoms with E-state index >= 15 is 0 Å². The number of carbonyl (C=O) groups excluding carboxylic acids is 2. The number of halogens is 3. The fourth-order valence-electron chi connectivity index (χ4n) is 2.19. The van der Waals surface area contributed by atoms with Crippen LogP contribution in [0.5, 0.6) is 5.75 Å². The molecule has 0 aliphatic carbocycles. The van der Waals surface area contributed by atoms with Crippen molar-refractivity contribution >= 4 is 11.8 Å². The van der Waals surface area contributed by atoms with Crippen LogP contribution in [0.3, 0.4) is 0 Å². The van der Waals surface area contributed by atoms with Gasteiger partial charge in [-0.25, -0.2) is 0 Å². The smallest absolute Gasteiger partial charge is 0.405 e. The van der Waals surface area contributed by atoms with Gasteiger partial charge in [0.15, 0.2) is 0 Å². The van der Waals surface area contributed by atoms with Crippen molar-refractivity contribution in [2.45, 2.75) is 18.2 Å². The van der Waals surface area contributed by atoms with Gasteiger partial charge in [0, 0.05) is 12.0 Å². The second kappa shape index (κ2) is 6.45. The number of carbonyl (C=O) groups is 2. The Labute approximate surface area is 129 Å². The number of hydrogen-bond acceptors (Lipinski definition) is 4. The molecule has 1 heterocycles. The Morgan fingerprint density at radius 3 is 2.57 bits per heavy atom. The number of fused-ring (bicyclic) bond motifs is 1. The summed E-state index contributed by atoms with van der Waals surface area (Å²) in [6.07, 6.45) is -4.43. The average molecular weight is 332 g/mol. The zero-order chi connectivity index (χ0) is 17.1. The van der Waals surface area contributed by atoms with Crippen molar-refractivity contribution in [1.82, 2.24) is 10.6 Å². The molecule has 2 rings (SSSR count). The predicted octanol–water partition coefficient (Wildman–Crippen LogP) is 0.451. The molecule has 1 unspecified atom stereocenters. The first-order chi connectivity index (χ1) is 10.7. The number of ether oxygens (including phenoxy) is 1. The summed E-state index contributed by atoms with van der Waals surface area (Å²) in [6, 6.07) is 6.66. The average Bonchev–Trinajstić information content (AvgIpc) is 2.50. The number of amides is 2. The molecule has 1 atom stereocenters. The highest BCUT2D eigenvalue weighted by atomic mass is 19.4. The molecule has 2 amide bonds. The van der Waals surface area contributed by atoms with Gasteiger partial charge in [-0.2, -0.15) is 13.2 Å². The van der Waals surface area contributed by atoms with Gasteiger partial charge in [-0.3, -0.25) is 9.59 Å². The molecule has 6 nitrogen and oxygen atoms in total. The lowest BCUT2D eigenvalue weighted by molar-refractivity contribution is -0.146. The van der Waals surface area contributed by atoms with Crippen molar-refractivity contribution in [3.8, 4) is 5.75 Å². The van der Waals surface area contributed by atoms with E-state index < -0.39 is 30.1 Å².